The first-order chi connectivity index (χ1) is 12.3. The fraction of sp³-hybridized carbons (Fsp3) is 0.350. The first-order valence-electron chi connectivity index (χ1n) is 8.24. The van der Waals surface area contributed by atoms with Crippen molar-refractivity contribution in [3.8, 4) is 11.5 Å². The van der Waals surface area contributed by atoms with Crippen molar-refractivity contribution in [2.24, 2.45) is 0 Å². The van der Waals surface area contributed by atoms with Crippen LogP contribution in [0.2, 0.25) is 0 Å². The van der Waals surface area contributed by atoms with Gasteiger partial charge in [0.2, 0.25) is 5.75 Å². The molecular formula is C20H24O6. The number of benzene rings is 1. The molecule has 2 N–H and O–H groups in total. The number of methoxy groups -OCH3 is 1. The predicted octanol–water partition coefficient (Wildman–Crippen LogP) is 2.81. The van der Waals surface area contributed by atoms with Crippen LogP contribution in [0.4, 0.5) is 0 Å². The quantitative estimate of drug-likeness (QED) is 0.556. The zero-order chi connectivity index (χ0) is 19.3. The molecule has 0 amide bonds. The lowest BCUT2D eigenvalue weighted by Crippen LogP contribution is -2.26. The van der Waals surface area contributed by atoms with E-state index in [0.717, 1.165) is 11.0 Å². The van der Waals surface area contributed by atoms with Gasteiger partial charge >= 0.3 is 5.63 Å². The summed E-state index contributed by atoms with van der Waals surface area (Å²) in [4.78, 5) is 11.4. The summed E-state index contributed by atoms with van der Waals surface area (Å²) >= 11 is 0. The Hall–Kier alpha value is -2.57. The molecule has 6 heteroatoms. The molecular weight excluding hydrogens is 336 g/mol. The van der Waals surface area contributed by atoms with Crippen LogP contribution in [0.3, 0.4) is 0 Å². The SMILES string of the molecule is C=C(C)C(O)C(O)C/C(C)=C/COc1ccc2ccc(=O)oc2c1OC. The first-order valence-corrected chi connectivity index (χ1v) is 8.24. The number of aliphatic hydroxyl groups excluding tert-OH is 2. The molecule has 0 aliphatic heterocycles. The van der Waals surface area contributed by atoms with E-state index in [1.165, 1.54) is 13.2 Å². The van der Waals surface area contributed by atoms with E-state index in [4.69, 9.17) is 13.9 Å². The Kier molecular flexibility index (Phi) is 6.60. The zero-order valence-electron chi connectivity index (χ0n) is 15.2. The molecule has 0 fully saturated rings. The van der Waals surface area contributed by atoms with Gasteiger partial charge in [-0.15, -0.1) is 0 Å². The predicted molar refractivity (Wildman–Crippen MR) is 99.7 cm³/mol. The minimum absolute atomic E-state index is 0.237. The van der Waals surface area contributed by atoms with Crippen molar-refractivity contribution in [2.45, 2.75) is 32.5 Å². The Labute approximate surface area is 152 Å². The lowest BCUT2D eigenvalue weighted by Gasteiger charge is -2.18. The van der Waals surface area contributed by atoms with Gasteiger partial charge in [-0.05, 0) is 50.1 Å². The molecule has 6 nitrogen and oxygen atoms in total. The van der Waals surface area contributed by atoms with Gasteiger partial charge in [-0.3, -0.25) is 0 Å². The van der Waals surface area contributed by atoms with E-state index in [2.05, 4.69) is 6.58 Å². The molecule has 0 aliphatic carbocycles. The second-order valence-corrected chi connectivity index (χ2v) is 6.19. The molecule has 2 atom stereocenters. The Balaban J connectivity index is 2.09. The van der Waals surface area contributed by atoms with Gasteiger partial charge in [0.05, 0.1) is 13.2 Å². The van der Waals surface area contributed by atoms with Crippen LogP contribution in [0.15, 0.2) is 57.3 Å². The molecule has 1 aromatic carbocycles. The topological polar surface area (TPSA) is 89.1 Å². The van der Waals surface area contributed by atoms with Gasteiger partial charge in [-0.25, -0.2) is 4.79 Å². The van der Waals surface area contributed by atoms with Crippen molar-refractivity contribution in [1.82, 2.24) is 0 Å². The van der Waals surface area contributed by atoms with Crippen LogP contribution in [-0.2, 0) is 0 Å². The Bertz CT molecular complexity index is 864. The van der Waals surface area contributed by atoms with Crippen molar-refractivity contribution < 1.29 is 24.1 Å². The third-order valence-electron chi connectivity index (χ3n) is 3.98. The highest BCUT2D eigenvalue weighted by Gasteiger charge is 2.17. The molecule has 0 bridgehead atoms. The number of fused-ring (bicyclic) bond motifs is 1. The summed E-state index contributed by atoms with van der Waals surface area (Å²) in [6, 6.07) is 6.52. The molecule has 140 valence electrons. The lowest BCUT2D eigenvalue weighted by atomic mass is 10.0. The van der Waals surface area contributed by atoms with Crippen LogP contribution in [0.1, 0.15) is 20.3 Å². The van der Waals surface area contributed by atoms with Gasteiger partial charge in [-0.2, -0.15) is 0 Å². The minimum atomic E-state index is -0.956. The van der Waals surface area contributed by atoms with Crippen molar-refractivity contribution in [2.75, 3.05) is 13.7 Å². The molecule has 2 rings (SSSR count). The molecule has 1 heterocycles. The smallest absolute Gasteiger partial charge is 0.336 e. The number of hydrogen-bond acceptors (Lipinski definition) is 6. The summed E-state index contributed by atoms with van der Waals surface area (Å²) in [5, 5.41) is 20.5. The summed E-state index contributed by atoms with van der Waals surface area (Å²) in [7, 11) is 1.48. The maximum absolute atomic E-state index is 11.4. The lowest BCUT2D eigenvalue weighted by molar-refractivity contribution is 0.0427. The number of ether oxygens (including phenoxy) is 2. The molecule has 0 spiro atoms. The van der Waals surface area contributed by atoms with E-state index in [9.17, 15) is 15.0 Å². The number of hydrogen-bond donors (Lipinski definition) is 2. The molecule has 0 radical (unpaired) electrons. The maximum atomic E-state index is 11.4. The van der Waals surface area contributed by atoms with Crippen LogP contribution in [0.25, 0.3) is 11.0 Å². The van der Waals surface area contributed by atoms with E-state index in [1.807, 2.05) is 6.92 Å². The van der Waals surface area contributed by atoms with E-state index in [1.54, 1.807) is 31.2 Å². The van der Waals surface area contributed by atoms with Crippen LogP contribution in [0.5, 0.6) is 11.5 Å². The van der Waals surface area contributed by atoms with Gasteiger partial charge < -0.3 is 24.1 Å². The monoisotopic (exact) mass is 360 g/mol. The first kappa shape index (κ1) is 19.8. The molecule has 1 aromatic heterocycles. The highest BCUT2D eigenvalue weighted by atomic mass is 16.5. The minimum Gasteiger partial charge on any atom is -0.490 e. The zero-order valence-corrected chi connectivity index (χ0v) is 15.2. The highest BCUT2D eigenvalue weighted by Crippen LogP contribution is 2.34. The summed E-state index contributed by atoms with van der Waals surface area (Å²) in [6.07, 6.45) is 0.247. The third-order valence-corrected chi connectivity index (χ3v) is 3.98. The average molecular weight is 360 g/mol. The summed E-state index contributed by atoms with van der Waals surface area (Å²) in [6.45, 7) is 7.38. The normalized spacial score (nSPS) is 14.1. The largest absolute Gasteiger partial charge is 0.490 e. The summed E-state index contributed by atoms with van der Waals surface area (Å²) < 4.78 is 16.3. The van der Waals surface area contributed by atoms with Crippen molar-refractivity contribution in [3.63, 3.8) is 0 Å². The van der Waals surface area contributed by atoms with Crippen LogP contribution in [-0.4, -0.2) is 36.1 Å². The molecule has 0 saturated heterocycles. The number of rotatable bonds is 8. The molecule has 2 unspecified atom stereocenters. The fourth-order valence-electron chi connectivity index (χ4n) is 2.52. The van der Waals surface area contributed by atoms with Gasteiger partial charge in [0, 0.05) is 11.5 Å². The van der Waals surface area contributed by atoms with Crippen LogP contribution >= 0.6 is 0 Å². The molecule has 0 aliphatic rings. The van der Waals surface area contributed by atoms with Crippen molar-refractivity contribution >= 4 is 11.0 Å². The van der Waals surface area contributed by atoms with Gasteiger partial charge in [0.15, 0.2) is 11.3 Å². The fourth-order valence-corrected chi connectivity index (χ4v) is 2.52. The highest BCUT2D eigenvalue weighted by molar-refractivity contribution is 5.85. The molecule has 26 heavy (non-hydrogen) atoms. The average Bonchev–Trinajstić information content (AvgIpc) is 2.60. The van der Waals surface area contributed by atoms with E-state index < -0.39 is 17.8 Å². The van der Waals surface area contributed by atoms with Gasteiger partial charge in [0.25, 0.3) is 0 Å². The standard InChI is InChI=1S/C20H24O6/c1-12(2)18(23)15(21)11-13(3)9-10-25-16-7-5-14-6-8-17(22)26-19(14)20(16)24-4/h5-9,15,18,21,23H,1,10-11H2,2-4H3/b13-9+. The van der Waals surface area contributed by atoms with Gasteiger partial charge in [0.1, 0.15) is 12.7 Å². The van der Waals surface area contributed by atoms with Crippen molar-refractivity contribution in [1.29, 1.82) is 0 Å². The molecule has 2 aromatic rings. The summed E-state index contributed by atoms with van der Waals surface area (Å²) in [5.74, 6) is 0.796. The van der Waals surface area contributed by atoms with E-state index in [0.29, 0.717) is 29.1 Å². The van der Waals surface area contributed by atoms with Crippen LogP contribution < -0.4 is 15.1 Å². The van der Waals surface area contributed by atoms with E-state index >= 15 is 0 Å². The third kappa shape index (κ3) is 4.74. The molecule has 0 saturated carbocycles. The second kappa shape index (κ2) is 8.69. The van der Waals surface area contributed by atoms with Gasteiger partial charge in [-0.1, -0.05) is 12.2 Å². The Morgan fingerprint density at radius 3 is 2.62 bits per heavy atom. The van der Waals surface area contributed by atoms with E-state index in [-0.39, 0.29) is 6.61 Å². The summed E-state index contributed by atoms with van der Waals surface area (Å²) in [5.41, 5.74) is 1.25. The Morgan fingerprint density at radius 1 is 1.27 bits per heavy atom. The number of aliphatic hydroxyl groups is 2. The maximum Gasteiger partial charge on any atom is 0.336 e. The second-order valence-electron chi connectivity index (χ2n) is 6.19. The van der Waals surface area contributed by atoms with Crippen molar-refractivity contribution in [3.05, 3.63) is 58.5 Å². The Morgan fingerprint density at radius 2 is 1.96 bits per heavy atom. The van der Waals surface area contributed by atoms with Crippen LogP contribution in [0, 0.1) is 0 Å².